The molecule has 4 aromatic carbocycles. The first-order chi connectivity index (χ1) is 17.1. The fourth-order valence-corrected chi connectivity index (χ4v) is 4.46. The molecule has 0 heterocycles. The van der Waals surface area contributed by atoms with Gasteiger partial charge in [-0.25, -0.2) is 0 Å². The summed E-state index contributed by atoms with van der Waals surface area (Å²) in [5.41, 5.74) is 0. The number of unbranched alkanes of at least 4 members (excludes halogenated alkanes) is 3. The lowest BCUT2D eigenvalue weighted by Crippen LogP contribution is -2.27. The Hall–Kier alpha value is -2.60. The van der Waals surface area contributed by atoms with E-state index in [4.69, 9.17) is 14.7 Å². The highest BCUT2D eigenvalue weighted by atomic mass is 16.6. The molecule has 0 bridgehead atoms. The van der Waals surface area contributed by atoms with Gasteiger partial charge < -0.3 is 19.6 Å². The number of hydrogen-bond donors (Lipinski definition) is 2. The first kappa shape index (κ1) is 27.0. The zero-order valence-corrected chi connectivity index (χ0v) is 21.5. The lowest BCUT2D eigenvalue weighted by atomic mass is 9.97. The highest BCUT2D eigenvalue weighted by molar-refractivity contribution is 6.34. The Morgan fingerprint density at radius 1 is 0.657 bits per heavy atom. The van der Waals surface area contributed by atoms with Crippen molar-refractivity contribution in [3.05, 3.63) is 66.7 Å². The molecular formula is C30H40BNO3. The fraction of sp³-hybridized carbons (Fsp3) is 0.400. The van der Waals surface area contributed by atoms with Crippen LogP contribution in [0, 0.1) is 0 Å². The Balaban J connectivity index is 0.000000228. The molecule has 0 saturated carbocycles. The standard InChI is InChI=1S/C18H13BO3.C12H27N/c20-19(21)22-17-7-3-6-12-8-9-15-10-13-4-1-2-5-14(13)11-16(15)18(12)17;1-4-7-10-13(11-8-5-2)12-9-6-3/h1-11,20-21H;4-12H2,1-3H3. The largest absolute Gasteiger partial charge is 0.707 e. The molecule has 0 amide bonds. The van der Waals surface area contributed by atoms with Crippen molar-refractivity contribution in [3.8, 4) is 5.75 Å². The first-order valence-electron chi connectivity index (χ1n) is 13.2. The number of nitrogens with zero attached hydrogens (tertiary/aromatic N) is 1. The Morgan fingerprint density at radius 2 is 1.20 bits per heavy atom. The van der Waals surface area contributed by atoms with Crippen molar-refractivity contribution in [2.24, 2.45) is 0 Å². The van der Waals surface area contributed by atoms with Gasteiger partial charge in [0.05, 0.1) is 0 Å². The molecular weight excluding hydrogens is 433 g/mol. The van der Waals surface area contributed by atoms with Crippen LogP contribution in [0.4, 0.5) is 0 Å². The Bertz CT molecular complexity index is 1180. The van der Waals surface area contributed by atoms with Crippen LogP contribution in [0.25, 0.3) is 32.3 Å². The van der Waals surface area contributed by atoms with E-state index in [1.165, 1.54) is 63.5 Å². The summed E-state index contributed by atoms with van der Waals surface area (Å²) in [6.07, 6.45) is 8.09. The van der Waals surface area contributed by atoms with Crippen LogP contribution in [0.1, 0.15) is 59.3 Å². The third kappa shape index (κ3) is 7.69. The molecule has 0 saturated heterocycles. The molecule has 0 fully saturated rings. The van der Waals surface area contributed by atoms with Crippen LogP contribution in [0.2, 0.25) is 0 Å². The van der Waals surface area contributed by atoms with Gasteiger partial charge in [-0.2, -0.15) is 0 Å². The van der Waals surface area contributed by atoms with Gasteiger partial charge in [0.25, 0.3) is 0 Å². The smallest absolute Gasteiger partial charge is 0.511 e. The van der Waals surface area contributed by atoms with Crippen molar-refractivity contribution >= 4 is 39.6 Å². The normalized spacial score (nSPS) is 11.1. The third-order valence-corrected chi connectivity index (χ3v) is 6.40. The summed E-state index contributed by atoms with van der Waals surface area (Å²) in [7, 11) is -1.83. The molecule has 4 nitrogen and oxygen atoms in total. The molecule has 4 aromatic rings. The lowest BCUT2D eigenvalue weighted by Gasteiger charge is -2.21. The lowest BCUT2D eigenvalue weighted by molar-refractivity contribution is 0.261. The maximum atomic E-state index is 9.14. The number of rotatable bonds is 11. The zero-order valence-electron chi connectivity index (χ0n) is 21.5. The van der Waals surface area contributed by atoms with E-state index in [0.29, 0.717) is 5.75 Å². The van der Waals surface area contributed by atoms with Crippen LogP contribution in [0.15, 0.2) is 66.7 Å². The summed E-state index contributed by atoms with van der Waals surface area (Å²) >= 11 is 0. The van der Waals surface area contributed by atoms with Crippen molar-refractivity contribution in [1.82, 2.24) is 4.90 Å². The van der Waals surface area contributed by atoms with Crippen LogP contribution >= 0.6 is 0 Å². The molecule has 0 aliphatic carbocycles. The van der Waals surface area contributed by atoms with Gasteiger partial charge in [-0.15, -0.1) is 0 Å². The number of hydrogen-bond acceptors (Lipinski definition) is 4. The summed E-state index contributed by atoms with van der Waals surface area (Å²) in [6, 6.07) is 22.1. The van der Waals surface area contributed by atoms with Gasteiger partial charge >= 0.3 is 7.32 Å². The molecule has 0 unspecified atom stereocenters. The SMILES string of the molecule is CCCCN(CCCC)CCCC.OB(O)Oc1cccc2ccc3cc4ccccc4cc3c12. The maximum absolute atomic E-state index is 9.14. The van der Waals surface area contributed by atoms with Gasteiger partial charge in [0.15, 0.2) is 0 Å². The Morgan fingerprint density at radius 3 is 1.77 bits per heavy atom. The molecule has 0 atom stereocenters. The van der Waals surface area contributed by atoms with Crippen molar-refractivity contribution in [2.75, 3.05) is 19.6 Å². The molecule has 5 heteroatoms. The van der Waals surface area contributed by atoms with E-state index in [9.17, 15) is 0 Å². The highest BCUT2D eigenvalue weighted by Crippen LogP contribution is 2.35. The minimum atomic E-state index is -1.83. The van der Waals surface area contributed by atoms with E-state index in [1.54, 1.807) is 6.07 Å². The minimum Gasteiger partial charge on any atom is -0.511 e. The van der Waals surface area contributed by atoms with Crippen LogP contribution in [0.5, 0.6) is 5.75 Å². The summed E-state index contributed by atoms with van der Waals surface area (Å²) < 4.78 is 5.16. The first-order valence-corrected chi connectivity index (χ1v) is 13.2. The summed E-state index contributed by atoms with van der Waals surface area (Å²) in [5, 5.41) is 24.6. The van der Waals surface area contributed by atoms with Crippen LogP contribution in [-0.4, -0.2) is 41.9 Å². The van der Waals surface area contributed by atoms with Gasteiger partial charge in [0.2, 0.25) is 0 Å². The molecule has 2 N–H and O–H groups in total. The van der Waals surface area contributed by atoms with Gasteiger partial charge in [0.1, 0.15) is 5.75 Å². The van der Waals surface area contributed by atoms with Gasteiger partial charge in [0, 0.05) is 5.39 Å². The summed E-state index contributed by atoms with van der Waals surface area (Å²) in [6.45, 7) is 10.8. The molecule has 0 radical (unpaired) electrons. The minimum absolute atomic E-state index is 0.466. The molecule has 0 aliphatic rings. The predicted molar refractivity (Wildman–Crippen MR) is 151 cm³/mol. The number of fused-ring (bicyclic) bond motifs is 4. The van der Waals surface area contributed by atoms with Crippen molar-refractivity contribution < 1.29 is 14.7 Å². The monoisotopic (exact) mass is 473 g/mol. The van der Waals surface area contributed by atoms with E-state index < -0.39 is 7.32 Å². The summed E-state index contributed by atoms with van der Waals surface area (Å²) in [4.78, 5) is 2.64. The van der Waals surface area contributed by atoms with E-state index >= 15 is 0 Å². The van der Waals surface area contributed by atoms with E-state index in [2.05, 4.69) is 56.0 Å². The predicted octanol–water partition coefficient (Wildman–Crippen LogP) is 7.18. The molecule has 0 aromatic heterocycles. The second-order valence-corrected chi connectivity index (χ2v) is 9.19. The highest BCUT2D eigenvalue weighted by Gasteiger charge is 2.15. The molecule has 35 heavy (non-hydrogen) atoms. The van der Waals surface area contributed by atoms with E-state index in [1.807, 2.05) is 30.3 Å². The maximum Gasteiger partial charge on any atom is 0.707 e. The van der Waals surface area contributed by atoms with Crippen LogP contribution < -0.4 is 4.65 Å². The molecule has 0 aliphatic heterocycles. The quantitative estimate of drug-likeness (QED) is 0.138. The second kappa shape index (κ2) is 14.1. The zero-order chi connectivity index (χ0) is 25.0. The van der Waals surface area contributed by atoms with Crippen LogP contribution in [0.3, 0.4) is 0 Å². The molecule has 0 spiro atoms. The van der Waals surface area contributed by atoms with Crippen molar-refractivity contribution in [1.29, 1.82) is 0 Å². The number of benzene rings is 4. The average Bonchev–Trinajstić information content (AvgIpc) is 2.87. The Labute approximate surface area is 210 Å². The van der Waals surface area contributed by atoms with Crippen molar-refractivity contribution in [3.63, 3.8) is 0 Å². The second-order valence-electron chi connectivity index (χ2n) is 9.19. The van der Waals surface area contributed by atoms with Gasteiger partial charge in [-0.05, 0) is 84.0 Å². The topological polar surface area (TPSA) is 52.9 Å². The van der Waals surface area contributed by atoms with E-state index in [0.717, 1.165) is 26.9 Å². The van der Waals surface area contributed by atoms with Crippen LogP contribution in [-0.2, 0) is 0 Å². The average molecular weight is 473 g/mol. The van der Waals surface area contributed by atoms with Gasteiger partial charge in [-0.1, -0.05) is 88.6 Å². The van der Waals surface area contributed by atoms with Gasteiger partial charge in [-0.3, -0.25) is 0 Å². The van der Waals surface area contributed by atoms with Crippen molar-refractivity contribution in [2.45, 2.75) is 59.3 Å². The van der Waals surface area contributed by atoms with E-state index in [-0.39, 0.29) is 0 Å². The fourth-order valence-electron chi connectivity index (χ4n) is 4.46. The summed E-state index contributed by atoms with van der Waals surface area (Å²) in [5.74, 6) is 0.466. The Kier molecular flexibility index (Phi) is 10.9. The molecule has 4 rings (SSSR count). The third-order valence-electron chi connectivity index (χ3n) is 6.40. The molecule has 186 valence electrons.